The average Bonchev–Trinajstić information content (AvgIpc) is 2.89. The van der Waals surface area contributed by atoms with E-state index in [1.807, 2.05) is 6.92 Å². The Morgan fingerprint density at radius 1 is 1.26 bits per heavy atom. The number of benzene rings is 1. The molecule has 0 atom stereocenters. The minimum atomic E-state index is -0.368. The summed E-state index contributed by atoms with van der Waals surface area (Å²) in [5.41, 5.74) is 1.58. The van der Waals surface area contributed by atoms with E-state index in [1.54, 1.807) is 42.4 Å². The molecule has 0 aliphatic carbocycles. The van der Waals surface area contributed by atoms with E-state index in [0.29, 0.717) is 18.0 Å². The Labute approximate surface area is 138 Å². The van der Waals surface area contributed by atoms with Crippen LogP contribution in [0, 0.1) is 6.92 Å². The van der Waals surface area contributed by atoms with Gasteiger partial charge in [-0.05, 0) is 25.1 Å². The van der Waals surface area contributed by atoms with Gasteiger partial charge in [-0.1, -0.05) is 11.3 Å². The van der Waals surface area contributed by atoms with Crippen LogP contribution in [0.3, 0.4) is 0 Å². The Hall–Kier alpha value is -2.28. The zero-order valence-corrected chi connectivity index (χ0v) is 14.1. The Morgan fingerprint density at radius 2 is 2.04 bits per heavy atom. The van der Waals surface area contributed by atoms with Crippen molar-refractivity contribution in [2.24, 2.45) is 0 Å². The van der Waals surface area contributed by atoms with E-state index < -0.39 is 0 Å². The first-order chi connectivity index (χ1) is 11.0. The molecule has 0 aliphatic rings. The van der Waals surface area contributed by atoms with Gasteiger partial charge in [-0.3, -0.25) is 9.59 Å². The fourth-order valence-corrected chi connectivity index (χ4v) is 2.86. The molecule has 0 unspecified atom stereocenters. The number of methoxy groups -OCH3 is 2. The molecule has 0 radical (unpaired) electrons. The predicted octanol–water partition coefficient (Wildman–Crippen LogP) is 2.37. The van der Waals surface area contributed by atoms with Crippen LogP contribution in [0.1, 0.15) is 17.7 Å². The van der Waals surface area contributed by atoms with Crippen LogP contribution in [0.15, 0.2) is 28.4 Å². The molecule has 1 aromatic heterocycles. The number of thiazole rings is 1. The first-order valence-corrected chi connectivity index (χ1v) is 7.94. The number of carbonyl (C=O) groups is 1. The smallest absolute Gasteiger partial charge is 0.307 e. The number of ether oxygens (including phenoxy) is 3. The standard InChI is InChI=1S/C16H19NO5S/c1-11-10-23-16(19)17(11)7-6-15(18)22-9-12-8-13(20-2)4-5-14(12)21-3/h4-5,8,10H,6-7,9H2,1-3H3. The van der Waals surface area contributed by atoms with Gasteiger partial charge < -0.3 is 18.8 Å². The number of rotatable bonds is 7. The number of esters is 1. The summed E-state index contributed by atoms with van der Waals surface area (Å²) >= 11 is 1.13. The Morgan fingerprint density at radius 3 is 2.65 bits per heavy atom. The lowest BCUT2D eigenvalue weighted by atomic mass is 10.2. The number of hydrogen-bond donors (Lipinski definition) is 0. The minimum absolute atomic E-state index is 0.0650. The van der Waals surface area contributed by atoms with Crippen LogP contribution < -0.4 is 14.3 Å². The van der Waals surface area contributed by atoms with Crippen molar-refractivity contribution in [3.05, 3.63) is 44.5 Å². The highest BCUT2D eigenvalue weighted by atomic mass is 32.1. The van der Waals surface area contributed by atoms with Crippen molar-refractivity contribution >= 4 is 17.3 Å². The van der Waals surface area contributed by atoms with Crippen molar-refractivity contribution in [2.45, 2.75) is 26.5 Å². The van der Waals surface area contributed by atoms with Crippen molar-refractivity contribution < 1.29 is 19.0 Å². The second kappa shape index (κ2) is 7.82. The van der Waals surface area contributed by atoms with Crippen LogP contribution in [-0.2, 0) is 22.7 Å². The van der Waals surface area contributed by atoms with Gasteiger partial charge in [0, 0.05) is 23.2 Å². The van der Waals surface area contributed by atoms with Gasteiger partial charge in [0.15, 0.2) is 0 Å². The summed E-state index contributed by atoms with van der Waals surface area (Å²) in [6.07, 6.45) is 0.143. The van der Waals surface area contributed by atoms with Gasteiger partial charge in [0.25, 0.3) is 0 Å². The summed E-state index contributed by atoms with van der Waals surface area (Å²) in [7, 11) is 3.12. The summed E-state index contributed by atoms with van der Waals surface area (Å²) in [6, 6.07) is 5.30. The molecule has 2 aromatic rings. The molecule has 0 amide bonds. The quantitative estimate of drug-likeness (QED) is 0.726. The summed E-state index contributed by atoms with van der Waals surface area (Å²) < 4.78 is 17.2. The maximum atomic E-state index is 11.9. The lowest BCUT2D eigenvalue weighted by Gasteiger charge is -2.11. The molecular formula is C16H19NO5S. The van der Waals surface area contributed by atoms with Gasteiger partial charge in [0.05, 0.1) is 20.6 Å². The van der Waals surface area contributed by atoms with Crippen molar-refractivity contribution in [1.82, 2.24) is 4.57 Å². The SMILES string of the molecule is COc1ccc(OC)c(COC(=O)CCn2c(C)csc2=O)c1. The Kier molecular flexibility index (Phi) is 5.81. The number of aromatic nitrogens is 1. The largest absolute Gasteiger partial charge is 0.497 e. The third-order valence-corrected chi connectivity index (χ3v) is 4.27. The fourth-order valence-electron chi connectivity index (χ4n) is 2.10. The van der Waals surface area contributed by atoms with Crippen LogP contribution in [0.25, 0.3) is 0 Å². The molecular weight excluding hydrogens is 318 g/mol. The average molecular weight is 337 g/mol. The van der Waals surface area contributed by atoms with Crippen molar-refractivity contribution in [1.29, 1.82) is 0 Å². The van der Waals surface area contributed by atoms with Crippen molar-refractivity contribution in [2.75, 3.05) is 14.2 Å². The summed E-state index contributed by atoms with van der Waals surface area (Å²) in [5, 5.41) is 1.77. The van der Waals surface area contributed by atoms with E-state index in [-0.39, 0.29) is 23.9 Å². The predicted molar refractivity (Wildman–Crippen MR) is 87.3 cm³/mol. The highest BCUT2D eigenvalue weighted by molar-refractivity contribution is 7.07. The third kappa shape index (κ3) is 4.35. The van der Waals surface area contributed by atoms with Gasteiger partial charge >= 0.3 is 10.8 Å². The molecule has 0 N–H and O–H groups in total. The highest BCUT2D eigenvalue weighted by Gasteiger charge is 2.10. The molecule has 0 fully saturated rings. The van der Waals surface area contributed by atoms with Gasteiger partial charge in [-0.25, -0.2) is 0 Å². The van der Waals surface area contributed by atoms with Gasteiger partial charge in [0.2, 0.25) is 0 Å². The second-order valence-electron chi connectivity index (χ2n) is 4.88. The molecule has 2 rings (SSSR count). The maximum absolute atomic E-state index is 11.9. The summed E-state index contributed by atoms with van der Waals surface area (Å²) in [4.78, 5) is 23.4. The van der Waals surface area contributed by atoms with E-state index >= 15 is 0 Å². The van der Waals surface area contributed by atoms with Gasteiger partial charge in [0.1, 0.15) is 18.1 Å². The molecule has 6 nitrogen and oxygen atoms in total. The zero-order chi connectivity index (χ0) is 16.8. The molecule has 1 heterocycles. The molecule has 124 valence electrons. The minimum Gasteiger partial charge on any atom is -0.497 e. The van der Waals surface area contributed by atoms with Gasteiger partial charge in [-0.15, -0.1) is 0 Å². The second-order valence-corrected chi connectivity index (χ2v) is 5.70. The first kappa shape index (κ1) is 17.1. The van der Waals surface area contributed by atoms with E-state index in [2.05, 4.69) is 0 Å². The third-order valence-electron chi connectivity index (χ3n) is 3.39. The number of hydrogen-bond acceptors (Lipinski definition) is 6. The topological polar surface area (TPSA) is 66.8 Å². The molecule has 0 aliphatic heterocycles. The van der Waals surface area contributed by atoms with Crippen LogP contribution in [0.5, 0.6) is 11.5 Å². The molecule has 0 bridgehead atoms. The van der Waals surface area contributed by atoms with Crippen LogP contribution in [0.4, 0.5) is 0 Å². The van der Waals surface area contributed by atoms with E-state index in [1.165, 1.54) is 0 Å². The Bertz CT molecular complexity index is 734. The van der Waals surface area contributed by atoms with E-state index in [9.17, 15) is 9.59 Å². The van der Waals surface area contributed by atoms with Crippen LogP contribution in [-0.4, -0.2) is 24.8 Å². The monoisotopic (exact) mass is 337 g/mol. The Balaban J connectivity index is 1.93. The van der Waals surface area contributed by atoms with Gasteiger partial charge in [-0.2, -0.15) is 0 Å². The molecule has 7 heteroatoms. The van der Waals surface area contributed by atoms with Crippen molar-refractivity contribution in [3.63, 3.8) is 0 Å². The summed E-state index contributed by atoms with van der Waals surface area (Å²) in [6.45, 7) is 2.25. The molecule has 0 saturated heterocycles. The maximum Gasteiger partial charge on any atom is 0.307 e. The fraction of sp³-hybridized carbons (Fsp3) is 0.375. The van der Waals surface area contributed by atoms with Crippen molar-refractivity contribution in [3.8, 4) is 11.5 Å². The normalized spacial score (nSPS) is 10.4. The molecule has 0 spiro atoms. The first-order valence-electron chi connectivity index (χ1n) is 7.06. The van der Waals surface area contributed by atoms with Crippen LogP contribution >= 0.6 is 11.3 Å². The lowest BCUT2D eigenvalue weighted by molar-refractivity contribution is -0.145. The lowest BCUT2D eigenvalue weighted by Crippen LogP contribution is -2.18. The summed E-state index contributed by atoms with van der Waals surface area (Å²) in [5.74, 6) is 0.924. The van der Waals surface area contributed by atoms with E-state index in [0.717, 1.165) is 22.6 Å². The number of aryl methyl sites for hydroxylation is 1. The number of nitrogens with zero attached hydrogens (tertiary/aromatic N) is 1. The highest BCUT2D eigenvalue weighted by Crippen LogP contribution is 2.24. The van der Waals surface area contributed by atoms with E-state index in [4.69, 9.17) is 14.2 Å². The zero-order valence-electron chi connectivity index (χ0n) is 13.3. The van der Waals surface area contributed by atoms with Crippen LogP contribution in [0.2, 0.25) is 0 Å². The molecule has 1 aromatic carbocycles. The number of carbonyl (C=O) groups excluding carboxylic acids is 1. The molecule has 23 heavy (non-hydrogen) atoms. The molecule has 0 saturated carbocycles.